The second-order valence-corrected chi connectivity index (χ2v) is 5.38. The zero-order valence-corrected chi connectivity index (χ0v) is 11.8. The summed E-state index contributed by atoms with van der Waals surface area (Å²) in [5.41, 5.74) is 0.251. The Labute approximate surface area is 102 Å². The van der Waals surface area contributed by atoms with Gasteiger partial charge in [-0.15, -0.1) is 0 Å². The van der Waals surface area contributed by atoms with Gasteiger partial charge in [0, 0.05) is 18.7 Å². The lowest BCUT2D eigenvalue weighted by Crippen LogP contribution is -2.36. The van der Waals surface area contributed by atoms with Crippen molar-refractivity contribution in [3.8, 4) is 0 Å². The topological polar surface area (TPSA) is 24.5 Å². The summed E-state index contributed by atoms with van der Waals surface area (Å²) >= 11 is 0. The summed E-state index contributed by atoms with van der Waals surface area (Å²) in [6.45, 7) is 13.7. The summed E-state index contributed by atoms with van der Waals surface area (Å²) in [6.07, 6.45) is 2.50. The lowest BCUT2D eigenvalue weighted by molar-refractivity contribution is 0.121. The molecule has 0 saturated carbocycles. The van der Waals surface area contributed by atoms with Crippen LogP contribution in [0.1, 0.15) is 40.5 Å². The van der Waals surface area contributed by atoms with E-state index in [0.29, 0.717) is 0 Å². The van der Waals surface area contributed by atoms with Crippen LogP contribution in [-0.2, 0) is 4.74 Å². The summed E-state index contributed by atoms with van der Waals surface area (Å²) in [5.74, 6) is 0. The highest BCUT2D eigenvalue weighted by molar-refractivity contribution is 4.69. The molecule has 0 radical (unpaired) electrons. The Morgan fingerprint density at radius 3 is 2.38 bits per heavy atom. The number of nitrogens with one attached hydrogen (secondary N) is 1. The van der Waals surface area contributed by atoms with Crippen LogP contribution < -0.4 is 5.32 Å². The third-order valence-electron chi connectivity index (χ3n) is 2.44. The summed E-state index contributed by atoms with van der Waals surface area (Å²) < 4.78 is 5.32. The third-order valence-corrected chi connectivity index (χ3v) is 2.44. The van der Waals surface area contributed by atoms with Crippen molar-refractivity contribution >= 4 is 0 Å². The number of hydrogen-bond acceptors (Lipinski definition) is 3. The highest BCUT2D eigenvalue weighted by Crippen LogP contribution is 1.99. The van der Waals surface area contributed by atoms with Crippen molar-refractivity contribution in [2.45, 2.75) is 46.1 Å². The number of nitrogens with zero attached hydrogens (tertiary/aromatic N) is 1. The van der Waals surface area contributed by atoms with Crippen molar-refractivity contribution < 1.29 is 4.74 Å². The molecule has 0 aromatic carbocycles. The molecule has 0 unspecified atom stereocenters. The molecule has 0 aromatic rings. The quantitative estimate of drug-likeness (QED) is 0.614. The molecule has 0 fully saturated rings. The lowest BCUT2D eigenvalue weighted by atomic mass is 10.1. The van der Waals surface area contributed by atoms with Crippen molar-refractivity contribution in [2.75, 3.05) is 39.9 Å². The highest BCUT2D eigenvalue weighted by Gasteiger charge is 2.07. The minimum atomic E-state index is 0.251. The van der Waals surface area contributed by atoms with Crippen LogP contribution in [0, 0.1) is 0 Å². The van der Waals surface area contributed by atoms with Gasteiger partial charge in [-0.2, -0.15) is 0 Å². The predicted molar refractivity (Wildman–Crippen MR) is 71.0 cm³/mol. The van der Waals surface area contributed by atoms with E-state index in [2.05, 4.69) is 38.0 Å². The van der Waals surface area contributed by atoms with Crippen molar-refractivity contribution in [2.24, 2.45) is 0 Å². The monoisotopic (exact) mass is 230 g/mol. The maximum Gasteiger partial charge on any atom is 0.0593 e. The molecule has 0 bridgehead atoms. The van der Waals surface area contributed by atoms with Gasteiger partial charge >= 0.3 is 0 Å². The van der Waals surface area contributed by atoms with E-state index >= 15 is 0 Å². The Kier molecular flexibility index (Phi) is 8.90. The van der Waals surface area contributed by atoms with Gasteiger partial charge in [-0.1, -0.05) is 0 Å². The molecule has 98 valence electrons. The molecular weight excluding hydrogens is 200 g/mol. The summed E-state index contributed by atoms with van der Waals surface area (Å²) in [6, 6.07) is 0. The molecule has 3 heteroatoms. The van der Waals surface area contributed by atoms with Gasteiger partial charge < -0.3 is 15.0 Å². The summed E-state index contributed by atoms with van der Waals surface area (Å²) in [4.78, 5) is 2.34. The van der Waals surface area contributed by atoms with E-state index in [1.54, 1.807) is 0 Å². The maximum atomic E-state index is 5.32. The van der Waals surface area contributed by atoms with Crippen LogP contribution in [0.2, 0.25) is 0 Å². The second kappa shape index (κ2) is 8.97. The Balaban J connectivity index is 3.24. The van der Waals surface area contributed by atoms with Crippen LogP contribution in [0.25, 0.3) is 0 Å². The molecule has 0 atom stereocenters. The molecule has 0 aliphatic carbocycles. The molecule has 1 N–H and O–H groups in total. The van der Waals surface area contributed by atoms with Gasteiger partial charge in [0.05, 0.1) is 6.61 Å². The number of likely N-dealkylation sites (N-methyl/N-ethyl adjacent to an activating group) is 1. The maximum absolute atomic E-state index is 5.32. The van der Waals surface area contributed by atoms with E-state index in [1.807, 2.05) is 6.92 Å². The number of hydrogen-bond donors (Lipinski definition) is 1. The molecule has 0 spiro atoms. The van der Waals surface area contributed by atoms with Gasteiger partial charge in [0.15, 0.2) is 0 Å². The first-order valence-electron chi connectivity index (χ1n) is 6.47. The van der Waals surface area contributed by atoms with Crippen LogP contribution >= 0.6 is 0 Å². The first-order chi connectivity index (χ1) is 7.45. The second-order valence-electron chi connectivity index (χ2n) is 5.38. The molecule has 0 amide bonds. The highest BCUT2D eigenvalue weighted by atomic mass is 16.5. The molecule has 0 aromatic heterocycles. The van der Waals surface area contributed by atoms with E-state index in [1.165, 1.54) is 19.4 Å². The molecule has 0 rings (SSSR count). The molecule has 0 aliphatic rings. The Hall–Kier alpha value is -0.120. The van der Waals surface area contributed by atoms with Crippen LogP contribution in [0.15, 0.2) is 0 Å². The normalized spacial score (nSPS) is 12.4. The molecule has 16 heavy (non-hydrogen) atoms. The van der Waals surface area contributed by atoms with Crippen molar-refractivity contribution in [3.05, 3.63) is 0 Å². The standard InChI is InChI=1S/C13H30N2O/c1-6-16-12-11-15(5)10-8-7-9-14-13(2,3)4/h14H,6-12H2,1-5H3. The van der Waals surface area contributed by atoms with Gasteiger partial charge in [-0.05, 0) is 60.7 Å². The smallest absolute Gasteiger partial charge is 0.0593 e. The van der Waals surface area contributed by atoms with Crippen LogP contribution in [0.5, 0.6) is 0 Å². The summed E-state index contributed by atoms with van der Waals surface area (Å²) in [7, 11) is 2.16. The van der Waals surface area contributed by atoms with E-state index in [-0.39, 0.29) is 5.54 Å². The minimum absolute atomic E-state index is 0.251. The SMILES string of the molecule is CCOCCN(C)CCCCNC(C)(C)C. The Morgan fingerprint density at radius 1 is 1.12 bits per heavy atom. The Morgan fingerprint density at radius 2 is 1.81 bits per heavy atom. The van der Waals surface area contributed by atoms with Crippen molar-refractivity contribution in [3.63, 3.8) is 0 Å². The minimum Gasteiger partial charge on any atom is -0.380 e. The van der Waals surface area contributed by atoms with Gasteiger partial charge in [-0.25, -0.2) is 0 Å². The zero-order valence-electron chi connectivity index (χ0n) is 11.8. The van der Waals surface area contributed by atoms with Gasteiger partial charge in [-0.3, -0.25) is 0 Å². The molecule has 0 aliphatic heterocycles. The molecule has 0 heterocycles. The van der Waals surface area contributed by atoms with Crippen molar-refractivity contribution in [1.29, 1.82) is 0 Å². The Bertz CT molecular complexity index is 155. The van der Waals surface area contributed by atoms with Crippen LogP contribution in [0.4, 0.5) is 0 Å². The molecule has 3 nitrogen and oxygen atoms in total. The fourth-order valence-electron chi connectivity index (χ4n) is 1.45. The first-order valence-corrected chi connectivity index (χ1v) is 6.47. The van der Waals surface area contributed by atoms with Crippen LogP contribution in [-0.4, -0.2) is 50.3 Å². The van der Waals surface area contributed by atoms with E-state index in [9.17, 15) is 0 Å². The number of unbranched alkanes of at least 4 members (excludes halogenated alkanes) is 1. The van der Waals surface area contributed by atoms with Gasteiger partial charge in [0.1, 0.15) is 0 Å². The van der Waals surface area contributed by atoms with E-state index < -0.39 is 0 Å². The van der Waals surface area contributed by atoms with Crippen molar-refractivity contribution in [1.82, 2.24) is 10.2 Å². The fraction of sp³-hybridized carbons (Fsp3) is 1.00. The molecular formula is C13H30N2O. The van der Waals surface area contributed by atoms with Gasteiger partial charge in [0.25, 0.3) is 0 Å². The first kappa shape index (κ1) is 15.9. The average Bonchev–Trinajstić information content (AvgIpc) is 2.16. The van der Waals surface area contributed by atoms with E-state index in [4.69, 9.17) is 4.74 Å². The fourth-order valence-corrected chi connectivity index (χ4v) is 1.45. The molecule has 0 saturated heterocycles. The average molecular weight is 230 g/mol. The number of rotatable bonds is 9. The zero-order chi connectivity index (χ0) is 12.4. The lowest BCUT2D eigenvalue weighted by Gasteiger charge is -2.21. The number of ether oxygens (including phenoxy) is 1. The summed E-state index contributed by atoms with van der Waals surface area (Å²) in [5, 5.41) is 3.50. The van der Waals surface area contributed by atoms with E-state index in [0.717, 1.165) is 26.3 Å². The third kappa shape index (κ3) is 12.0. The predicted octanol–water partition coefficient (Wildman–Crippen LogP) is 2.12. The largest absolute Gasteiger partial charge is 0.380 e. The van der Waals surface area contributed by atoms with Crippen LogP contribution in [0.3, 0.4) is 0 Å². The van der Waals surface area contributed by atoms with Gasteiger partial charge in [0.2, 0.25) is 0 Å².